The molecule has 3 heteroatoms. The van der Waals surface area contributed by atoms with Gasteiger partial charge in [0, 0.05) is 6.42 Å². The van der Waals surface area contributed by atoms with Gasteiger partial charge < -0.3 is 9.47 Å². The second-order valence-electron chi connectivity index (χ2n) is 4.92. The third-order valence-electron chi connectivity index (χ3n) is 3.40. The van der Waals surface area contributed by atoms with E-state index in [1.54, 1.807) is 13.0 Å². The largest absolute Gasteiger partial charge is 0.489 e. The first-order chi connectivity index (χ1) is 9.74. The third kappa shape index (κ3) is 2.52. The molecule has 0 bridgehead atoms. The Balaban J connectivity index is 1.66. The zero-order valence-corrected chi connectivity index (χ0v) is 11.3. The average molecular weight is 268 g/mol. The second-order valence-corrected chi connectivity index (χ2v) is 4.92. The summed E-state index contributed by atoms with van der Waals surface area (Å²) in [5, 5.41) is 0. The molecule has 3 nitrogen and oxygen atoms in total. The van der Waals surface area contributed by atoms with Crippen LogP contribution in [0.5, 0.6) is 11.5 Å². The molecular weight excluding hydrogens is 252 g/mol. The number of carbonyl (C=O) groups excluding carboxylic acids is 1. The van der Waals surface area contributed by atoms with E-state index in [-0.39, 0.29) is 11.9 Å². The van der Waals surface area contributed by atoms with Crippen molar-refractivity contribution in [1.82, 2.24) is 0 Å². The molecule has 1 unspecified atom stereocenters. The van der Waals surface area contributed by atoms with Crippen molar-refractivity contribution in [3.8, 4) is 11.5 Å². The van der Waals surface area contributed by atoms with Crippen molar-refractivity contribution in [1.29, 1.82) is 0 Å². The first-order valence-corrected chi connectivity index (χ1v) is 6.71. The highest BCUT2D eigenvalue weighted by Gasteiger charge is 2.23. The van der Waals surface area contributed by atoms with Crippen molar-refractivity contribution in [3.63, 3.8) is 0 Å². The number of benzene rings is 2. The van der Waals surface area contributed by atoms with Crippen LogP contribution < -0.4 is 9.47 Å². The lowest BCUT2D eigenvalue weighted by molar-refractivity contribution is 0.100. The SMILES string of the molecule is CC(=O)c1ccccc1OCC1Cc2ccccc2O1. The highest BCUT2D eigenvalue weighted by molar-refractivity contribution is 5.96. The van der Waals surface area contributed by atoms with E-state index >= 15 is 0 Å². The molecule has 0 fully saturated rings. The van der Waals surface area contributed by atoms with E-state index in [0.29, 0.717) is 17.9 Å². The van der Waals surface area contributed by atoms with Crippen LogP contribution in [-0.2, 0) is 6.42 Å². The number of hydrogen-bond donors (Lipinski definition) is 0. The highest BCUT2D eigenvalue weighted by Crippen LogP contribution is 2.28. The van der Waals surface area contributed by atoms with E-state index < -0.39 is 0 Å². The van der Waals surface area contributed by atoms with Crippen molar-refractivity contribution in [3.05, 3.63) is 59.7 Å². The molecule has 0 spiro atoms. The van der Waals surface area contributed by atoms with Crippen LogP contribution in [0, 0.1) is 0 Å². The minimum Gasteiger partial charge on any atom is -0.489 e. The van der Waals surface area contributed by atoms with Crippen molar-refractivity contribution < 1.29 is 14.3 Å². The lowest BCUT2D eigenvalue weighted by atomic mass is 10.1. The molecule has 3 rings (SSSR count). The summed E-state index contributed by atoms with van der Waals surface area (Å²) in [6, 6.07) is 15.3. The Labute approximate surface area is 118 Å². The van der Waals surface area contributed by atoms with Gasteiger partial charge in [0.15, 0.2) is 5.78 Å². The summed E-state index contributed by atoms with van der Waals surface area (Å²) in [4.78, 5) is 11.5. The summed E-state index contributed by atoms with van der Waals surface area (Å²) in [7, 11) is 0. The van der Waals surface area contributed by atoms with E-state index in [9.17, 15) is 4.79 Å². The highest BCUT2D eigenvalue weighted by atomic mass is 16.5. The Morgan fingerprint density at radius 1 is 1.20 bits per heavy atom. The fourth-order valence-electron chi connectivity index (χ4n) is 2.41. The van der Waals surface area contributed by atoms with Gasteiger partial charge >= 0.3 is 0 Å². The molecule has 1 atom stereocenters. The van der Waals surface area contributed by atoms with Crippen LogP contribution >= 0.6 is 0 Å². The topological polar surface area (TPSA) is 35.5 Å². The monoisotopic (exact) mass is 268 g/mol. The number of rotatable bonds is 4. The fourth-order valence-corrected chi connectivity index (χ4v) is 2.41. The molecular formula is C17H16O3. The summed E-state index contributed by atoms with van der Waals surface area (Å²) in [6.45, 7) is 1.99. The third-order valence-corrected chi connectivity index (χ3v) is 3.40. The predicted molar refractivity (Wildman–Crippen MR) is 76.5 cm³/mol. The Kier molecular flexibility index (Phi) is 3.42. The molecule has 1 aliphatic rings. The Morgan fingerprint density at radius 2 is 1.95 bits per heavy atom. The number of fused-ring (bicyclic) bond motifs is 1. The number of carbonyl (C=O) groups is 1. The quantitative estimate of drug-likeness (QED) is 0.798. The van der Waals surface area contributed by atoms with Gasteiger partial charge in [-0.3, -0.25) is 4.79 Å². The molecule has 0 aliphatic carbocycles. The smallest absolute Gasteiger partial charge is 0.163 e. The number of ketones is 1. The number of hydrogen-bond acceptors (Lipinski definition) is 3. The van der Waals surface area contributed by atoms with Gasteiger partial charge in [-0.25, -0.2) is 0 Å². The molecule has 20 heavy (non-hydrogen) atoms. The molecule has 0 radical (unpaired) electrons. The molecule has 0 N–H and O–H groups in total. The minimum absolute atomic E-state index is 0.00687. The molecule has 1 aliphatic heterocycles. The van der Waals surface area contributed by atoms with Gasteiger partial charge in [0.05, 0.1) is 5.56 Å². The first kappa shape index (κ1) is 12.7. The van der Waals surface area contributed by atoms with Gasteiger partial charge in [-0.1, -0.05) is 30.3 Å². The van der Waals surface area contributed by atoms with E-state index in [1.807, 2.05) is 36.4 Å². The Hall–Kier alpha value is -2.29. The Bertz CT molecular complexity index is 609. The zero-order valence-electron chi connectivity index (χ0n) is 11.3. The number of para-hydroxylation sites is 2. The summed E-state index contributed by atoms with van der Waals surface area (Å²) >= 11 is 0. The van der Waals surface area contributed by atoms with Crippen molar-refractivity contribution in [2.24, 2.45) is 0 Å². The number of Topliss-reactive ketones (excluding diaryl/α,β-unsaturated/α-hetero) is 1. The van der Waals surface area contributed by atoms with Crippen LogP contribution in [0.4, 0.5) is 0 Å². The van der Waals surface area contributed by atoms with Gasteiger partial charge in [-0.15, -0.1) is 0 Å². The lowest BCUT2D eigenvalue weighted by Gasteiger charge is -2.14. The van der Waals surface area contributed by atoms with Crippen molar-refractivity contribution in [2.75, 3.05) is 6.61 Å². The van der Waals surface area contributed by atoms with E-state index in [2.05, 4.69) is 6.07 Å². The van der Waals surface area contributed by atoms with Crippen LogP contribution in [0.15, 0.2) is 48.5 Å². The standard InChI is InChI=1S/C17H16O3/c1-12(18)15-7-3-5-9-17(15)19-11-14-10-13-6-2-4-8-16(13)20-14/h2-9,14H,10-11H2,1H3. The van der Waals surface area contributed by atoms with Gasteiger partial charge in [0.2, 0.25) is 0 Å². The number of ether oxygens (including phenoxy) is 2. The van der Waals surface area contributed by atoms with E-state index in [4.69, 9.17) is 9.47 Å². The molecule has 2 aromatic rings. The predicted octanol–water partition coefficient (Wildman–Crippen LogP) is 3.27. The normalized spacial score (nSPS) is 16.4. The summed E-state index contributed by atoms with van der Waals surface area (Å²) in [5.41, 5.74) is 1.82. The average Bonchev–Trinajstić information content (AvgIpc) is 2.88. The molecule has 0 amide bonds. The maximum Gasteiger partial charge on any atom is 0.163 e. The van der Waals surface area contributed by atoms with Crippen molar-refractivity contribution in [2.45, 2.75) is 19.4 Å². The summed E-state index contributed by atoms with van der Waals surface area (Å²) in [5.74, 6) is 1.57. The molecule has 102 valence electrons. The molecule has 1 heterocycles. The fraction of sp³-hybridized carbons (Fsp3) is 0.235. The van der Waals surface area contributed by atoms with Crippen LogP contribution in [0.1, 0.15) is 22.8 Å². The molecule has 0 aromatic heterocycles. The lowest BCUT2D eigenvalue weighted by Crippen LogP contribution is -2.22. The van der Waals surface area contributed by atoms with Gasteiger partial charge in [-0.2, -0.15) is 0 Å². The van der Waals surface area contributed by atoms with Crippen molar-refractivity contribution >= 4 is 5.78 Å². The van der Waals surface area contributed by atoms with Gasteiger partial charge in [-0.05, 0) is 30.7 Å². The minimum atomic E-state index is 0.00687. The first-order valence-electron chi connectivity index (χ1n) is 6.71. The van der Waals surface area contributed by atoms with Crippen LogP contribution in [0.2, 0.25) is 0 Å². The molecule has 0 saturated heterocycles. The molecule has 2 aromatic carbocycles. The van der Waals surface area contributed by atoms with Crippen LogP contribution in [-0.4, -0.2) is 18.5 Å². The summed E-state index contributed by atoms with van der Waals surface area (Å²) in [6.07, 6.45) is 0.853. The molecule has 0 saturated carbocycles. The maximum absolute atomic E-state index is 11.5. The Morgan fingerprint density at radius 3 is 2.75 bits per heavy atom. The zero-order chi connectivity index (χ0) is 13.9. The van der Waals surface area contributed by atoms with Crippen LogP contribution in [0.25, 0.3) is 0 Å². The van der Waals surface area contributed by atoms with Crippen LogP contribution in [0.3, 0.4) is 0 Å². The maximum atomic E-state index is 11.5. The van der Waals surface area contributed by atoms with E-state index in [1.165, 1.54) is 5.56 Å². The second kappa shape index (κ2) is 5.37. The summed E-state index contributed by atoms with van der Waals surface area (Å²) < 4.78 is 11.6. The van der Waals surface area contributed by atoms with Gasteiger partial charge in [0.25, 0.3) is 0 Å². The van der Waals surface area contributed by atoms with E-state index in [0.717, 1.165) is 12.2 Å². The van der Waals surface area contributed by atoms with Gasteiger partial charge in [0.1, 0.15) is 24.2 Å².